The Labute approximate surface area is 143 Å². The topological polar surface area (TPSA) is 38.3 Å². The molecule has 3 nitrogen and oxygen atoms in total. The Morgan fingerprint density at radius 3 is 2.64 bits per heavy atom. The first kappa shape index (κ1) is 16.8. The van der Waals surface area contributed by atoms with Crippen LogP contribution in [0, 0.1) is 6.92 Å². The maximum Gasteiger partial charge on any atom is 0.224 e. The molecule has 1 N–H and O–H groups in total. The Bertz CT molecular complexity index is 644. The number of rotatable bonds is 6. The van der Waals surface area contributed by atoms with Crippen molar-refractivity contribution in [3.63, 3.8) is 0 Å². The van der Waals surface area contributed by atoms with E-state index in [1.54, 1.807) is 6.07 Å². The zero-order valence-electron chi connectivity index (χ0n) is 12.2. The minimum absolute atomic E-state index is 0.0150. The van der Waals surface area contributed by atoms with E-state index in [0.29, 0.717) is 24.5 Å². The van der Waals surface area contributed by atoms with Crippen LogP contribution in [0.15, 0.2) is 46.9 Å². The van der Waals surface area contributed by atoms with E-state index in [2.05, 4.69) is 21.2 Å². The van der Waals surface area contributed by atoms with Crippen LogP contribution in [0.25, 0.3) is 0 Å². The molecule has 2 aromatic carbocycles. The Kier molecular flexibility index (Phi) is 6.28. The van der Waals surface area contributed by atoms with Crippen molar-refractivity contribution in [2.75, 3.05) is 11.9 Å². The predicted octanol–water partition coefficient (Wildman–Crippen LogP) is 5.21. The molecule has 0 saturated heterocycles. The molecule has 0 aliphatic carbocycles. The number of amides is 1. The van der Waals surface area contributed by atoms with E-state index in [4.69, 9.17) is 16.3 Å². The highest BCUT2D eigenvalue weighted by molar-refractivity contribution is 9.10. The molecule has 0 atom stereocenters. The van der Waals surface area contributed by atoms with Gasteiger partial charge < -0.3 is 10.1 Å². The summed E-state index contributed by atoms with van der Waals surface area (Å²) in [7, 11) is 0. The van der Waals surface area contributed by atoms with Crippen LogP contribution in [-0.4, -0.2) is 12.5 Å². The number of halogens is 2. The molecule has 0 aromatic heterocycles. The average Bonchev–Trinajstić information content (AvgIpc) is 2.48. The van der Waals surface area contributed by atoms with Gasteiger partial charge in [-0.1, -0.05) is 27.5 Å². The number of aryl methyl sites for hydroxylation is 1. The van der Waals surface area contributed by atoms with Crippen LogP contribution in [0.4, 0.5) is 5.69 Å². The zero-order chi connectivity index (χ0) is 15.9. The third-order valence-electron chi connectivity index (χ3n) is 3.07. The van der Waals surface area contributed by atoms with Gasteiger partial charge in [0.15, 0.2) is 0 Å². The predicted molar refractivity (Wildman–Crippen MR) is 93.7 cm³/mol. The van der Waals surface area contributed by atoms with Gasteiger partial charge in [-0.25, -0.2) is 0 Å². The van der Waals surface area contributed by atoms with Crippen LogP contribution < -0.4 is 10.1 Å². The molecular formula is C17H17BrClNO2. The van der Waals surface area contributed by atoms with Crippen LogP contribution in [0.1, 0.15) is 18.4 Å². The van der Waals surface area contributed by atoms with Gasteiger partial charge in [0.2, 0.25) is 5.91 Å². The highest BCUT2D eigenvalue weighted by Gasteiger charge is 2.04. The lowest BCUT2D eigenvalue weighted by Gasteiger charge is -2.09. The van der Waals surface area contributed by atoms with Gasteiger partial charge in [0.25, 0.3) is 0 Å². The molecule has 116 valence electrons. The molecule has 0 fully saturated rings. The minimum Gasteiger partial charge on any atom is -0.493 e. The average molecular weight is 383 g/mol. The summed E-state index contributed by atoms with van der Waals surface area (Å²) in [5, 5.41) is 3.55. The number of benzene rings is 2. The third-order valence-corrected chi connectivity index (χ3v) is 3.83. The molecule has 0 heterocycles. The molecule has 22 heavy (non-hydrogen) atoms. The van der Waals surface area contributed by atoms with Crippen molar-refractivity contribution in [3.05, 3.63) is 57.5 Å². The number of anilines is 1. The molecule has 0 spiro atoms. The van der Waals surface area contributed by atoms with Gasteiger partial charge in [-0.3, -0.25) is 4.79 Å². The van der Waals surface area contributed by atoms with Crippen LogP contribution in [0.3, 0.4) is 0 Å². The second-order valence-corrected chi connectivity index (χ2v) is 6.27. The summed E-state index contributed by atoms with van der Waals surface area (Å²) in [5.74, 6) is 0.788. The quantitative estimate of drug-likeness (QED) is 0.697. The van der Waals surface area contributed by atoms with Crippen molar-refractivity contribution in [1.82, 2.24) is 0 Å². The molecule has 1 amide bonds. The van der Waals surface area contributed by atoms with Gasteiger partial charge in [-0.05, 0) is 61.4 Å². The fourth-order valence-electron chi connectivity index (χ4n) is 1.95. The second-order valence-electron chi connectivity index (χ2n) is 4.92. The fourth-order valence-corrected chi connectivity index (χ4v) is 2.44. The molecular weight excluding hydrogens is 366 g/mol. The summed E-state index contributed by atoms with van der Waals surface area (Å²) in [5.41, 5.74) is 1.79. The van der Waals surface area contributed by atoms with Crippen molar-refractivity contribution >= 4 is 39.1 Å². The SMILES string of the molecule is Cc1cc(Cl)ccc1OCCCC(=O)Nc1ccc(Br)cc1. The Balaban J connectivity index is 1.72. The summed E-state index contributed by atoms with van der Waals surface area (Å²) in [6.07, 6.45) is 1.08. The molecule has 0 aliphatic heterocycles. The van der Waals surface area contributed by atoms with E-state index in [1.807, 2.05) is 43.3 Å². The van der Waals surface area contributed by atoms with Crippen LogP contribution in [0.2, 0.25) is 5.02 Å². The first-order valence-corrected chi connectivity index (χ1v) is 8.16. The van der Waals surface area contributed by atoms with Crippen LogP contribution in [0.5, 0.6) is 5.75 Å². The maximum absolute atomic E-state index is 11.8. The molecule has 0 saturated carbocycles. The van der Waals surface area contributed by atoms with Crippen molar-refractivity contribution in [2.24, 2.45) is 0 Å². The number of carbonyl (C=O) groups excluding carboxylic acids is 1. The Morgan fingerprint density at radius 1 is 1.23 bits per heavy atom. The van der Waals surface area contributed by atoms with Crippen molar-refractivity contribution in [3.8, 4) is 5.75 Å². The summed E-state index contributed by atoms with van der Waals surface area (Å²) in [4.78, 5) is 11.8. The largest absolute Gasteiger partial charge is 0.493 e. The zero-order valence-corrected chi connectivity index (χ0v) is 14.6. The van der Waals surface area contributed by atoms with Gasteiger partial charge >= 0.3 is 0 Å². The highest BCUT2D eigenvalue weighted by Crippen LogP contribution is 2.22. The molecule has 2 aromatic rings. The van der Waals surface area contributed by atoms with Gasteiger partial charge in [-0.2, -0.15) is 0 Å². The lowest BCUT2D eigenvalue weighted by Crippen LogP contribution is -2.12. The normalized spacial score (nSPS) is 10.3. The number of hydrogen-bond donors (Lipinski definition) is 1. The molecule has 0 aliphatic rings. The van der Waals surface area contributed by atoms with Crippen LogP contribution in [-0.2, 0) is 4.79 Å². The number of hydrogen-bond acceptors (Lipinski definition) is 2. The Hall–Kier alpha value is -1.52. The monoisotopic (exact) mass is 381 g/mol. The van der Waals surface area contributed by atoms with E-state index >= 15 is 0 Å². The summed E-state index contributed by atoms with van der Waals surface area (Å²) in [6, 6.07) is 13.0. The van der Waals surface area contributed by atoms with Gasteiger partial charge in [-0.15, -0.1) is 0 Å². The molecule has 0 unspecified atom stereocenters. The lowest BCUT2D eigenvalue weighted by atomic mass is 10.2. The van der Waals surface area contributed by atoms with E-state index in [9.17, 15) is 4.79 Å². The smallest absolute Gasteiger partial charge is 0.224 e. The van der Waals surface area contributed by atoms with E-state index in [1.165, 1.54) is 0 Å². The summed E-state index contributed by atoms with van der Waals surface area (Å²) < 4.78 is 6.65. The van der Waals surface area contributed by atoms with E-state index in [-0.39, 0.29) is 5.91 Å². The first-order chi connectivity index (χ1) is 10.5. The van der Waals surface area contributed by atoms with E-state index < -0.39 is 0 Å². The molecule has 5 heteroatoms. The molecule has 0 radical (unpaired) electrons. The van der Waals surface area contributed by atoms with Crippen molar-refractivity contribution < 1.29 is 9.53 Å². The van der Waals surface area contributed by atoms with Gasteiger partial charge in [0.1, 0.15) is 5.75 Å². The summed E-state index contributed by atoms with van der Waals surface area (Å²) in [6.45, 7) is 2.44. The molecule has 0 bridgehead atoms. The van der Waals surface area contributed by atoms with Crippen molar-refractivity contribution in [2.45, 2.75) is 19.8 Å². The lowest BCUT2D eigenvalue weighted by molar-refractivity contribution is -0.116. The number of nitrogens with one attached hydrogen (secondary N) is 1. The minimum atomic E-state index is -0.0150. The fraction of sp³-hybridized carbons (Fsp3) is 0.235. The maximum atomic E-state index is 11.8. The summed E-state index contributed by atoms with van der Waals surface area (Å²) >= 11 is 9.25. The second kappa shape index (κ2) is 8.20. The molecule has 2 rings (SSSR count). The standard InChI is InChI=1S/C17H17BrClNO2/c1-12-11-14(19)6-9-16(12)22-10-2-3-17(21)20-15-7-4-13(18)5-8-15/h4-9,11H,2-3,10H2,1H3,(H,20,21). The third kappa shape index (κ3) is 5.35. The van der Waals surface area contributed by atoms with E-state index in [0.717, 1.165) is 21.5 Å². The number of carbonyl (C=O) groups is 1. The number of ether oxygens (including phenoxy) is 1. The van der Waals surface area contributed by atoms with Crippen LogP contribution >= 0.6 is 27.5 Å². The first-order valence-electron chi connectivity index (χ1n) is 6.99. The van der Waals surface area contributed by atoms with Gasteiger partial charge in [0.05, 0.1) is 6.61 Å². The highest BCUT2D eigenvalue weighted by atomic mass is 79.9. The Morgan fingerprint density at radius 2 is 1.95 bits per heavy atom. The van der Waals surface area contributed by atoms with Crippen molar-refractivity contribution in [1.29, 1.82) is 0 Å². The van der Waals surface area contributed by atoms with Gasteiger partial charge in [0, 0.05) is 21.6 Å².